The molecule has 1 aromatic rings. The van der Waals surface area contributed by atoms with Crippen LogP contribution in [-0.4, -0.2) is 24.5 Å². The summed E-state index contributed by atoms with van der Waals surface area (Å²) in [7, 11) is 1.83. The third-order valence-corrected chi connectivity index (χ3v) is 5.82. The highest BCUT2D eigenvalue weighted by Crippen LogP contribution is 2.40. The fraction of sp³-hybridized carbons (Fsp3) is 0.750. The number of aliphatic imine (C=N–C) groups is 1. The van der Waals surface area contributed by atoms with Crippen LogP contribution in [0.25, 0.3) is 0 Å². The number of hydrogen-bond acceptors (Lipinski definition) is 3. The van der Waals surface area contributed by atoms with Crippen LogP contribution < -0.4 is 10.6 Å². The summed E-state index contributed by atoms with van der Waals surface area (Å²) in [6, 6.07) is 0. The smallest absolute Gasteiger partial charge is 0.191 e. The Balaban J connectivity index is 1.83. The molecule has 4 nitrogen and oxygen atoms in total. The van der Waals surface area contributed by atoms with Gasteiger partial charge in [0.2, 0.25) is 0 Å². The van der Waals surface area contributed by atoms with E-state index in [4.69, 9.17) is 0 Å². The number of aryl methyl sites for hydroxylation is 2. The standard InChI is InChI=1S/C16H28N4S/c1-5-16(8-6-7-9-16)11-19-15(17-4)18-10-14-20-12(2)13(3)21-14/h5-11H2,1-4H3,(H2,17,18,19). The van der Waals surface area contributed by atoms with E-state index in [1.54, 1.807) is 11.3 Å². The molecule has 0 spiro atoms. The zero-order valence-corrected chi connectivity index (χ0v) is 14.6. The summed E-state index contributed by atoms with van der Waals surface area (Å²) < 4.78 is 0. The number of guanidine groups is 1. The van der Waals surface area contributed by atoms with Crippen molar-refractivity contribution >= 4 is 17.3 Å². The molecule has 0 atom stereocenters. The maximum absolute atomic E-state index is 4.56. The minimum Gasteiger partial charge on any atom is -0.356 e. The molecular formula is C16H28N4S. The maximum atomic E-state index is 4.56. The van der Waals surface area contributed by atoms with Gasteiger partial charge in [-0.15, -0.1) is 11.3 Å². The molecule has 0 bridgehead atoms. The summed E-state index contributed by atoms with van der Waals surface area (Å²) in [5.74, 6) is 0.889. The number of nitrogens with zero attached hydrogens (tertiary/aromatic N) is 2. The summed E-state index contributed by atoms with van der Waals surface area (Å²) in [4.78, 5) is 10.2. The third kappa shape index (κ3) is 4.19. The highest BCUT2D eigenvalue weighted by atomic mass is 32.1. The van der Waals surface area contributed by atoms with Crippen molar-refractivity contribution in [1.29, 1.82) is 0 Å². The van der Waals surface area contributed by atoms with Crippen LogP contribution in [0.15, 0.2) is 4.99 Å². The van der Waals surface area contributed by atoms with Crippen LogP contribution in [0.2, 0.25) is 0 Å². The number of thiazole rings is 1. The van der Waals surface area contributed by atoms with Crippen molar-refractivity contribution in [2.24, 2.45) is 10.4 Å². The summed E-state index contributed by atoms with van der Waals surface area (Å²) in [5, 5.41) is 8.01. The fourth-order valence-corrected chi connectivity index (χ4v) is 3.92. The van der Waals surface area contributed by atoms with Crippen LogP contribution in [0.5, 0.6) is 0 Å². The first-order valence-corrected chi connectivity index (χ1v) is 8.77. The monoisotopic (exact) mass is 308 g/mol. The fourth-order valence-electron chi connectivity index (χ4n) is 3.05. The summed E-state index contributed by atoms with van der Waals surface area (Å²) in [6.07, 6.45) is 6.69. The van der Waals surface area contributed by atoms with Crippen LogP contribution >= 0.6 is 11.3 Å². The van der Waals surface area contributed by atoms with E-state index < -0.39 is 0 Å². The van der Waals surface area contributed by atoms with Crippen molar-refractivity contribution in [3.8, 4) is 0 Å². The third-order valence-electron chi connectivity index (χ3n) is 4.75. The van der Waals surface area contributed by atoms with Crippen LogP contribution in [0.1, 0.15) is 54.6 Å². The lowest BCUT2D eigenvalue weighted by atomic mass is 9.83. The molecule has 118 valence electrons. The Hall–Kier alpha value is -1.10. The van der Waals surface area contributed by atoms with Crippen molar-refractivity contribution in [1.82, 2.24) is 15.6 Å². The molecule has 1 aromatic heterocycles. The second kappa shape index (κ2) is 7.25. The molecule has 21 heavy (non-hydrogen) atoms. The number of nitrogens with one attached hydrogen (secondary N) is 2. The van der Waals surface area contributed by atoms with Crippen molar-refractivity contribution in [3.63, 3.8) is 0 Å². The van der Waals surface area contributed by atoms with E-state index in [1.807, 2.05) is 7.05 Å². The molecule has 0 aliphatic heterocycles. The molecule has 1 heterocycles. The van der Waals surface area contributed by atoms with Gasteiger partial charge in [0.1, 0.15) is 5.01 Å². The second-order valence-electron chi connectivity index (χ2n) is 6.09. The van der Waals surface area contributed by atoms with E-state index in [0.29, 0.717) is 5.41 Å². The van der Waals surface area contributed by atoms with Gasteiger partial charge >= 0.3 is 0 Å². The van der Waals surface area contributed by atoms with Gasteiger partial charge in [0.05, 0.1) is 12.2 Å². The summed E-state index contributed by atoms with van der Waals surface area (Å²) >= 11 is 1.76. The van der Waals surface area contributed by atoms with Crippen LogP contribution in [0.4, 0.5) is 0 Å². The molecular weight excluding hydrogens is 280 g/mol. The SMILES string of the molecule is CCC1(CNC(=NC)NCc2nc(C)c(C)s2)CCCC1. The van der Waals surface area contributed by atoms with Gasteiger partial charge in [-0.3, -0.25) is 4.99 Å². The van der Waals surface area contributed by atoms with Crippen molar-refractivity contribution in [2.75, 3.05) is 13.6 Å². The molecule has 1 aliphatic carbocycles. The molecule has 2 N–H and O–H groups in total. The van der Waals surface area contributed by atoms with Crippen molar-refractivity contribution in [2.45, 2.75) is 59.4 Å². The maximum Gasteiger partial charge on any atom is 0.191 e. The van der Waals surface area contributed by atoms with E-state index in [2.05, 4.69) is 41.4 Å². The predicted molar refractivity (Wildman–Crippen MR) is 91.0 cm³/mol. The molecule has 0 radical (unpaired) electrons. The van der Waals surface area contributed by atoms with E-state index >= 15 is 0 Å². The first-order valence-electron chi connectivity index (χ1n) is 7.96. The minimum absolute atomic E-state index is 0.478. The average molecular weight is 308 g/mol. The Labute approximate surface area is 132 Å². The van der Waals surface area contributed by atoms with Crippen LogP contribution in [-0.2, 0) is 6.54 Å². The summed E-state index contributed by atoms with van der Waals surface area (Å²) in [5.41, 5.74) is 1.61. The van der Waals surface area contributed by atoms with Gasteiger partial charge in [0.25, 0.3) is 0 Å². The predicted octanol–water partition coefficient (Wildman–Crippen LogP) is 3.40. The van der Waals surface area contributed by atoms with Crippen molar-refractivity contribution in [3.05, 3.63) is 15.6 Å². The van der Waals surface area contributed by atoms with E-state index in [1.165, 1.54) is 37.0 Å². The van der Waals surface area contributed by atoms with E-state index in [9.17, 15) is 0 Å². The van der Waals surface area contributed by atoms with Gasteiger partial charge in [-0.2, -0.15) is 0 Å². The van der Waals surface area contributed by atoms with Crippen LogP contribution in [0.3, 0.4) is 0 Å². The molecule has 0 aromatic carbocycles. The minimum atomic E-state index is 0.478. The highest BCUT2D eigenvalue weighted by molar-refractivity contribution is 7.11. The van der Waals surface area contributed by atoms with Gasteiger partial charge in [0, 0.05) is 18.5 Å². The molecule has 5 heteroatoms. The Kier molecular flexibility index (Phi) is 5.62. The molecule has 1 aliphatic rings. The van der Waals surface area contributed by atoms with Gasteiger partial charge in [-0.1, -0.05) is 19.8 Å². The van der Waals surface area contributed by atoms with Gasteiger partial charge in [-0.25, -0.2) is 4.98 Å². The zero-order valence-electron chi connectivity index (χ0n) is 13.8. The molecule has 1 fully saturated rings. The van der Waals surface area contributed by atoms with Gasteiger partial charge in [0.15, 0.2) is 5.96 Å². The lowest BCUT2D eigenvalue weighted by molar-refractivity contribution is 0.283. The number of aromatic nitrogens is 1. The first kappa shape index (κ1) is 16.3. The van der Waals surface area contributed by atoms with Gasteiger partial charge in [-0.05, 0) is 38.5 Å². The highest BCUT2D eigenvalue weighted by Gasteiger charge is 2.31. The molecule has 2 rings (SSSR count). The molecule has 1 saturated carbocycles. The van der Waals surface area contributed by atoms with E-state index in [0.717, 1.165) is 29.8 Å². The van der Waals surface area contributed by atoms with Crippen LogP contribution in [0, 0.1) is 19.3 Å². The lowest BCUT2D eigenvalue weighted by Gasteiger charge is -2.28. The normalized spacial score (nSPS) is 18.0. The zero-order chi connectivity index (χ0) is 15.3. The Bertz CT molecular complexity index is 467. The Morgan fingerprint density at radius 1 is 1.29 bits per heavy atom. The van der Waals surface area contributed by atoms with Gasteiger partial charge < -0.3 is 10.6 Å². The second-order valence-corrected chi connectivity index (χ2v) is 7.38. The quantitative estimate of drug-likeness (QED) is 0.647. The largest absolute Gasteiger partial charge is 0.356 e. The average Bonchev–Trinajstić information content (AvgIpc) is 3.07. The number of hydrogen-bond donors (Lipinski definition) is 2. The van der Waals surface area contributed by atoms with Crippen molar-refractivity contribution < 1.29 is 0 Å². The molecule has 0 amide bonds. The first-order chi connectivity index (χ1) is 10.1. The Morgan fingerprint density at radius 3 is 2.52 bits per heavy atom. The molecule has 0 saturated heterocycles. The number of rotatable bonds is 5. The topological polar surface area (TPSA) is 49.3 Å². The lowest BCUT2D eigenvalue weighted by Crippen LogP contribution is -2.42. The van der Waals surface area contributed by atoms with E-state index in [-0.39, 0.29) is 0 Å². The summed E-state index contributed by atoms with van der Waals surface area (Å²) in [6.45, 7) is 8.27. The molecule has 0 unspecified atom stereocenters. The Morgan fingerprint density at radius 2 is 2.00 bits per heavy atom.